The predicted molar refractivity (Wildman–Crippen MR) is 124 cm³/mol. The molecule has 0 saturated heterocycles. The van der Waals surface area contributed by atoms with Crippen molar-refractivity contribution in [1.82, 2.24) is 20.0 Å². The number of hydrogen-bond acceptors (Lipinski definition) is 7. The van der Waals surface area contributed by atoms with E-state index < -0.39 is 25.8 Å². The molecule has 8 nitrogen and oxygen atoms in total. The normalized spacial score (nSPS) is 24.8. The molecule has 0 aliphatic carbocycles. The summed E-state index contributed by atoms with van der Waals surface area (Å²) in [5, 5.41) is 8.80. The van der Waals surface area contributed by atoms with Crippen molar-refractivity contribution in [2.45, 2.75) is 31.1 Å². The Balaban J connectivity index is 1.78. The van der Waals surface area contributed by atoms with Gasteiger partial charge >= 0.3 is 0 Å². The van der Waals surface area contributed by atoms with Crippen LogP contribution < -0.4 is 5.73 Å². The number of amidine groups is 1. The molecule has 0 saturated carbocycles. The van der Waals surface area contributed by atoms with E-state index in [9.17, 15) is 4.21 Å². The number of halogens is 2. The van der Waals surface area contributed by atoms with Crippen molar-refractivity contribution < 1.29 is 8.60 Å². The molecule has 1 aliphatic heterocycles. The Hall–Kier alpha value is -2.85. The van der Waals surface area contributed by atoms with Gasteiger partial charge in [-0.1, -0.05) is 16.8 Å². The fraction of sp³-hybridized carbons (Fsp3) is 0.333. The minimum absolute atomic E-state index is 0.0476. The highest BCUT2D eigenvalue weighted by Crippen LogP contribution is 2.39. The van der Waals surface area contributed by atoms with Gasteiger partial charge in [-0.25, -0.2) is 22.6 Å². The van der Waals surface area contributed by atoms with Crippen LogP contribution in [0.3, 0.4) is 0 Å². The van der Waals surface area contributed by atoms with Crippen LogP contribution in [0.25, 0.3) is 17.1 Å². The minimum atomic E-state index is -2.79. The highest BCUT2D eigenvalue weighted by Gasteiger charge is 2.47. The van der Waals surface area contributed by atoms with Crippen LogP contribution >= 0.6 is 11.6 Å². The number of aliphatic imine (C=N–C) groups is 1. The van der Waals surface area contributed by atoms with Gasteiger partial charge in [0.1, 0.15) is 27.6 Å². The molecule has 1 aliphatic rings. The van der Waals surface area contributed by atoms with E-state index in [1.54, 1.807) is 51.2 Å². The van der Waals surface area contributed by atoms with E-state index in [4.69, 9.17) is 17.3 Å². The maximum Gasteiger partial charge on any atom is 0.155 e. The lowest BCUT2D eigenvalue weighted by Gasteiger charge is -2.40. The zero-order valence-corrected chi connectivity index (χ0v) is 19.7. The molecule has 11 heteroatoms. The summed E-state index contributed by atoms with van der Waals surface area (Å²) in [7, 11) is -1.29. The third-order valence-electron chi connectivity index (χ3n) is 5.84. The molecule has 4 rings (SSSR count). The van der Waals surface area contributed by atoms with Gasteiger partial charge in [-0.05, 0) is 51.1 Å². The first-order valence-corrected chi connectivity index (χ1v) is 11.9. The van der Waals surface area contributed by atoms with Crippen molar-refractivity contribution in [3.8, 4) is 17.1 Å². The van der Waals surface area contributed by atoms with E-state index >= 15 is 4.39 Å². The van der Waals surface area contributed by atoms with Crippen LogP contribution in [0.1, 0.15) is 26.3 Å². The van der Waals surface area contributed by atoms with Crippen LogP contribution in [0.15, 0.2) is 52.1 Å². The average molecular weight is 476 g/mol. The molecular formula is C21H23ClFN7OS. The molecule has 0 radical (unpaired) electrons. The molecule has 2 aromatic heterocycles. The first kappa shape index (κ1) is 22.3. The monoisotopic (exact) mass is 475 g/mol. The van der Waals surface area contributed by atoms with E-state index in [1.165, 1.54) is 24.0 Å². The highest BCUT2D eigenvalue weighted by molar-refractivity contribution is 7.95. The molecule has 0 spiro atoms. The van der Waals surface area contributed by atoms with Crippen LogP contribution in [0, 0.1) is 5.82 Å². The Morgan fingerprint density at radius 3 is 2.66 bits per heavy atom. The summed E-state index contributed by atoms with van der Waals surface area (Å²) in [4.78, 5) is 8.80. The molecular weight excluding hydrogens is 453 g/mol. The first-order valence-electron chi connectivity index (χ1n) is 9.82. The van der Waals surface area contributed by atoms with Crippen molar-refractivity contribution >= 4 is 27.2 Å². The molecule has 0 fully saturated rings. The summed E-state index contributed by atoms with van der Waals surface area (Å²) >= 11 is 5.89. The van der Waals surface area contributed by atoms with Gasteiger partial charge in [0.05, 0.1) is 26.7 Å². The Labute approximate surface area is 190 Å². The number of nitrogens with zero attached hydrogens (tertiary/aromatic N) is 6. The number of nitrogens with two attached hydrogens (primary N) is 1. The third kappa shape index (κ3) is 3.57. The largest absolute Gasteiger partial charge is 0.386 e. The number of hydrogen-bond donors (Lipinski definition) is 1. The van der Waals surface area contributed by atoms with Crippen LogP contribution in [-0.4, -0.2) is 47.6 Å². The minimum Gasteiger partial charge on any atom is -0.386 e. The van der Waals surface area contributed by atoms with Crippen molar-refractivity contribution in [3.05, 3.63) is 59.1 Å². The standard InChI is InChI=1S/C21H23ClFN7OS/c1-20(2)19(24)27-21(3,12-32(20,31)25-4)15-9-13(5-7-16(15)23)17-11-30(29-28-17)18-8-6-14(22)10-26-18/h5-11H,12H2,1-4H3,(H2,24,27)/t21-,32?/m0/s1. The van der Waals surface area contributed by atoms with Crippen LogP contribution in [0.5, 0.6) is 0 Å². The highest BCUT2D eigenvalue weighted by atomic mass is 35.5. The summed E-state index contributed by atoms with van der Waals surface area (Å²) in [6, 6.07) is 8.00. The van der Waals surface area contributed by atoms with Gasteiger partial charge in [0, 0.05) is 24.4 Å². The molecule has 1 unspecified atom stereocenters. The molecule has 3 aromatic rings. The maximum atomic E-state index is 15.0. The molecule has 32 heavy (non-hydrogen) atoms. The predicted octanol–water partition coefficient (Wildman–Crippen LogP) is 3.58. The van der Waals surface area contributed by atoms with Crippen molar-refractivity contribution in [2.24, 2.45) is 15.1 Å². The van der Waals surface area contributed by atoms with E-state index in [0.29, 0.717) is 22.1 Å². The van der Waals surface area contributed by atoms with Gasteiger partial charge in [0.25, 0.3) is 0 Å². The summed E-state index contributed by atoms with van der Waals surface area (Å²) in [6.07, 6.45) is 3.19. The second kappa shape index (κ2) is 7.63. The number of aromatic nitrogens is 4. The molecule has 2 atom stereocenters. The Kier molecular flexibility index (Phi) is 5.33. The molecule has 168 valence electrons. The van der Waals surface area contributed by atoms with Gasteiger partial charge in [-0.15, -0.1) is 5.10 Å². The van der Waals surface area contributed by atoms with Crippen LogP contribution in [-0.2, 0) is 15.3 Å². The van der Waals surface area contributed by atoms with E-state index in [1.807, 2.05) is 0 Å². The maximum absolute atomic E-state index is 15.0. The van der Waals surface area contributed by atoms with Crippen LogP contribution in [0.4, 0.5) is 4.39 Å². The first-order chi connectivity index (χ1) is 15.0. The number of benzene rings is 1. The van der Waals surface area contributed by atoms with Gasteiger partial charge in [0.2, 0.25) is 0 Å². The number of rotatable bonds is 3. The molecule has 0 bridgehead atoms. The lowest BCUT2D eigenvalue weighted by atomic mass is 9.91. The van der Waals surface area contributed by atoms with Gasteiger partial charge in [0.15, 0.2) is 5.82 Å². The molecule has 1 aromatic carbocycles. The van der Waals surface area contributed by atoms with Crippen LogP contribution in [0.2, 0.25) is 5.02 Å². The molecule has 3 heterocycles. The second-order valence-corrected chi connectivity index (χ2v) is 11.7. The zero-order valence-electron chi connectivity index (χ0n) is 18.1. The van der Waals surface area contributed by atoms with Crippen molar-refractivity contribution in [1.29, 1.82) is 0 Å². The SMILES string of the molecule is CN=S1(=O)C[C@@](C)(c2cc(-c3cn(-c4ccc(Cl)cn4)nn3)ccc2F)N=C(N)C1(C)C. The summed E-state index contributed by atoms with van der Waals surface area (Å²) in [6.45, 7) is 5.21. The average Bonchev–Trinajstić information content (AvgIpc) is 3.23. The smallest absolute Gasteiger partial charge is 0.155 e. The second-order valence-electron chi connectivity index (χ2n) is 8.33. The van der Waals surface area contributed by atoms with Gasteiger partial charge in [-0.3, -0.25) is 4.99 Å². The van der Waals surface area contributed by atoms with E-state index in [-0.39, 0.29) is 17.2 Å². The van der Waals surface area contributed by atoms with E-state index in [0.717, 1.165) is 0 Å². The summed E-state index contributed by atoms with van der Waals surface area (Å²) < 4.78 is 33.3. The fourth-order valence-corrected chi connectivity index (χ4v) is 6.11. The zero-order chi connectivity index (χ0) is 23.3. The third-order valence-corrected chi connectivity index (χ3v) is 9.41. The molecule has 2 N–H and O–H groups in total. The quantitative estimate of drug-likeness (QED) is 0.622. The lowest BCUT2D eigenvalue weighted by Crippen LogP contribution is -2.54. The number of pyridine rings is 1. The Morgan fingerprint density at radius 1 is 1.25 bits per heavy atom. The summed E-state index contributed by atoms with van der Waals surface area (Å²) in [5.74, 6) is 0.300. The van der Waals surface area contributed by atoms with Crippen molar-refractivity contribution in [2.75, 3.05) is 12.8 Å². The topological polar surface area (TPSA) is 111 Å². The summed E-state index contributed by atoms with van der Waals surface area (Å²) in [5.41, 5.74) is 6.46. The lowest BCUT2D eigenvalue weighted by molar-refractivity contribution is 0.491. The Bertz CT molecular complexity index is 1340. The van der Waals surface area contributed by atoms with Gasteiger partial charge in [-0.2, -0.15) is 0 Å². The fourth-order valence-electron chi connectivity index (χ4n) is 3.70. The van der Waals surface area contributed by atoms with E-state index in [2.05, 4.69) is 24.7 Å². The Morgan fingerprint density at radius 2 is 2.00 bits per heavy atom. The molecule has 0 amide bonds. The van der Waals surface area contributed by atoms with Gasteiger partial charge < -0.3 is 5.73 Å². The van der Waals surface area contributed by atoms with Crippen molar-refractivity contribution in [3.63, 3.8) is 0 Å².